The Morgan fingerprint density at radius 1 is 1.53 bits per heavy atom. The Morgan fingerprint density at radius 3 is 3.00 bits per heavy atom. The molecule has 1 aliphatic rings. The van der Waals surface area contributed by atoms with Gasteiger partial charge in [0.15, 0.2) is 5.17 Å². The third kappa shape index (κ3) is 3.66. The predicted molar refractivity (Wildman–Crippen MR) is 87.5 cm³/mol. The first-order chi connectivity index (χ1) is 9.06. The van der Waals surface area contributed by atoms with Crippen molar-refractivity contribution in [1.29, 1.82) is 0 Å². The molecule has 0 aromatic heterocycles. The van der Waals surface area contributed by atoms with E-state index in [1.165, 1.54) is 0 Å². The van der Waals surface area contributed by atoms with E-state index in [9.17, 15) is 0 Å². The quantitative estimate of drug-likeness (QED) is 0.875. The number of hydrogen-bond donors (Lipinski definition) is 1. The average molecular weight is 343 g/mol. The van der Waals surface area contributed by atoms with Gasteiger partial charge in [-0.2, -0.15) is 0 Å². The van der Waals surface area contributed by atoms with Gasteiger partial charge in [0.2, 0.25) is 0 Å². The summed E-state index contributed by atoms with van der Waals surface area (Å²) in [5, 5.41) is 4.38. The van der Waals surface area contributed by atoms with E-state index in [-0.39, 0.29) is 5.54 Å². The number of halogens is 1. The fraction of sp³-hybridized carbons (Fsp3) is 0.500. The summed E-state index contributed by atoms with van der Waals surface area (Å²) in [4.78, 5) is 4.82. The monoisotopic (exact) mass is 342 g/mol. The molecule has 0 radical (unpaired) electrons. The summed E-state index contributed by atoms with van der Waals surface area (Å²) < 4.78 is 6.26. The standard InChI is InChI=1S/C14H19BrN2OS/c1-4-14(2)7-8-19-13(17-14)16-10-5-6-11(15)12(9-10)18-3/h5-6,9H,4,7-8H2,1-3H3,(H,16,17). The first kappa shape index (κ1) is 14.7. The van der Waals surface area contributed by atoms with E-state index < -0.39 is 0 Å². The van der Waals surface area contributed by atoms with Crippen molar-refractivity contribution >= 4 is 38.5 Å². The number of rotatable bonds is 3. The molecule has 1 atom stereocenters. The molecule has 0 saturated carbocycles. The third-order valence-corrected chi connectivity index (χ3v) is 4.95. The number of hydrogen-bond acceptors (Lipinski definition) is 4. The molecule has 0 spiro atoms. The van der Waals surface area contributed by atoms with E-state index >= 15 is 0 Å². The summed E-state index contributed by atoms with van der Waals surface area (Å²) >= 11 is 5.24. The number of ether oxygens (including phenoxy) is 1. The van der Waals surface area contributed by atoms with Crippen LogP contribution in [0.15, 0.2) is 27.7 Å². The lowest BCUT2D eigenvalue weighted by molar-refractivity contribution is 0.412. The highest BCUT2D eigenvalue weighted by Crippen LogP contribution is 2.32. The van der Waals surface area contributed by atoms with Gasteiger partial charge in [0.1, 0.15) is 5.75 Å². The van der Waals surface area contributed by atoms with Gasteiger partial charge >= 0.3 is 0 Å². The van der Waals surface area contributed by atoms with Crippen molar-refractivity contribution in [1.82, 2.24) is 0 Å². The number of thioether (sulfide) groups is 1. The van der Waals surface area contributed by atoms with Gasteiger partial charge in [0.25, 0.3) is 0 Å². The maximum Gasteiger partial charge on any atom is 0.161 e. The third-order valence-electron chi connectivity index (χ3n) is 3.41. The lowest BCUT2D eigenvalue weighted by Gasteiger charge is -2.29. The van der Waals surface area contributed by atoms with Crippen LogP contribution in [0.25, 0.3) is 0 Å². The molecular formula is C14H19BrN2OS. The van der Waals surface area contributed by atoms with Crippen LogP contribution in [0.3, 0.4) is 0 Å². The first-order valence-corrected chi connectivity index (χ1v) is 8.17. The average Bonchev–Trinajstić information content (AvgIpc) is 2.41. The fourth-order valence-corrected chi connectivity index (χ4v) is 3.50. The Hall–Kier alpha value is -0.680. The molecular weight excluding hydrogens is 324 g/mol. The van der Waals surface area contributed by atoms with Gasteiger partial charge < -0.3 is 10.1 Å². The molecule has 1 heterocycles. The number of methoxy groups -OCH3 is 1. The number of nitrogens with one attached hydrogen (secondary N) is 1. The Kier molecular flexibility index (Phi) is 4.79. The van der Waals surface area contributed by atoms with Gasteiger partial charge in [0, 0.05) is 17.5 Å². The van der Waals surface area contributed by atoms with E-state index in [4.69, 9.17) is 9.73 Å². The Labute approximate surface area is 127 Å². The van der Waals surface area contributed by atoms with Gasteiger partial charge in [-0.25, -0.2) is 0 Å². The smallest absolute Gasteiger partial charge is 0.161 e. The molecule has 104 valence electrons. The van der Waals surface area contributed by atoms with E-state index in [1.807, 2.05) is 18.2 Å². The molecule has 3 nitrogen and oxygen atoms in total. The second kappa shape index (κ2) is 6.18. The molecule has 0 bridgehead atoms. The minimum atomic E-state index is 0.0764. The number of anilines is 1. The van der Waals surface area contributed by atoms with Crippen LogP contribution in [-0.4, -0.2) is 23.6 Å². The molecule has 2 rings (SSSR count). The highest BCUT2D eigenvalue weighted by atomic mass is 79.9. The maximum atomic E-state index is 5.30. The summed E-state index contributed by atoms with van der Waals surface area (Å²) in [5.41, 5.74) is 1.08. The Morgan fingerprint density at radius 2 is 2.32 bits per heavy atom. The van der Waals surface area contributed by atoms with E-state index in [0.29, 0.717) is 0 Å². The summed E-state index contributed by atoms with van der Waals surface area (Å²) in [6.45, 7) is 4.41. The molecule has 0 aliphatic carbocycles. The SMILES string of the molecule is CCC1(C)CCSC(Nc2ccc(Br)c(OC)c2)=N1. The molecule has 0 amide bonds. The minimum Gasteiger partial charge on any atom is -0.495 e. The topological polar surface area (TPSA) is 33.6 Å². The lowest BCUT2D eigenvalue weighted by Crippen LogP contribution is -2.29. The molecule has 1 unspecified atom stereocenters. The fourth-order valence-electron chi connectivity index (χ4n) is 1.88. The number of amidine groups is 1. The summed E-state index contributed by atoms with van der Waals surface area (Å²) in [5.74, 6) is 1.94. The second-order valence-corrected chi connectivity index (χ2v) is 6.78. The van der Waals surface area contributed by atoms with E-state index in [1.54, 1.807) is 18.9 Å². The Balaban J connectivity index is 2.17. The van der Waals surface area contributed by atoms with Crippen molar-refractivity contribution in [3.05, 3.63) is 22.7 Å². The molecule has 5 heteroatoms. The van der Waals surface area contributed by atoms with Crippen LogP contribution in [0.5, 0.6) is 5.75 Å². The summed E-state index contributed by atoms with van der Waals surface area (Å²) in [6.07, 6.45) is 2.21. The molecule has 0 fully saturated rings. The molecule has 0 saturated heterocycles. The zero-order valence-corrected chi connectivity index (χ0v) is 13.9. The van der Waals surface area contributed by atoms with Crippen LogP contribution in [-0.2, 0) is 0 Å². The van der Waals surface area contributed by atoms with Crippen LogP contribution in [0.2, 0.25) is 0 Å². The molecule has 1 aliphatic heterocycles. The van der Waals surface area contributed by atoms with Gasteiger partial charge in [-0.15, -0.1) is 0 Å². The summed E-state index contributed by atoms with van der Waals surface area (Å²) in [7, 11) is 1.67. The maximum absolute atomic E-state index is 5.30. The van der Waals surface area contributed by atoms with E-state index in [0.717, 1.165) is 39.7 Å². The minimum absolute atomic E-state index is 0.0764. The summed E-state index contributed by atoms with van der Waals surface area (Å²) in [6, 6.07) is 5.98. The van der Waals surface area contributed by atoms with Crippen molar-refractivity contribution in [3.63, 3.8) is 0 Å². The van der Waals surface area contributed by atoms with Crippen molar-refractivity contribution in [2.24, 2.45) is 4.99 Å². The predicted octanol–water partition coefficient (Wildman–Crippen LogP) is 4.53. The van der Waals surface area contributed by atoms with E-state index in [2.05, 4.69) is 35.1 Å². The highest BCUT2D eigenvalue weighted by Gasteiger charge is 2.25. The highest BCUT2D eigenvalue weighted by molar-refractivity contribution is 9.10. The Bertz CT molecular complexity index is 492. The van der Waals surface area contributed by atoms with Gasteiger partial charge in [-0.1, -0.05) is 18.7 Å². The van der Waals surface area contributed by atoms with Crippen LogP contribution in [0, 0.1) is 0 Å². The molecule has 1 aromatic rings. The second-order valence-electron chi connectivity index (χ2n) is 4.84. The first-order valence-electron chi connectivity index (χ1n) is 6.39. The number of aliphatic imine (C=N–C) groups is 1. The van der Waals surface area contributed by atoms with Gasteiger partial charge in [-0.05, 0) is 47.8 Å². The molecule has 19 heavy (non-hydrogen) atoms. The lowest BCUT2D eigenvalue weighted by atomic mass is 9.97. The largest absolute Gasteiger partial charge is 0.495 e. The molecule has 1 N–H and O–H groups in total. The normalized spacial score (nSPS) is 22.8. The van der Waals surface area contributed by atoms with Crippen molar-refractivity contribution in [3.8, 4) is 5.75 Å². The van der Waals surface area contributed by atoms with Gasteiger partial charge in [0.05, 0.1) is 17.1 Å². The number of nitrogens with zero attached hydrogens (tertiary/aromatic N) is 1. The van der Waals surface area contributed by atoms with Crippen molar-refractivity contribution < 1.29 is 4.74 Å². The number of benzene rings is 1. The van der Waals surface area contributed by atoms with Crippen molar-refractivity contribution in [2.45, 2.75) is 32.2 Å². The van der Waals surface area contributed by atoms with Crippen LogP contribution < -0.4 is 10.1 Å². The van der Waals surface area contributed by atoms with Crippen LogP contribution in [0.4, 0.5) is 5.69 Å². The van der Waals surface area contributed by atoms with Crippen LogP contribution >= 0.6 is 27.7 Å². The zero-order valence-electron chi connectivity index (χ0n) is 11.5. The zero-order chi connectivity index (χ0) is 13.9. The van der Waals surface area contributed by atoms with Crippen molar-refractivity contribution in [2.75, 3.05) is 18.2 Å². The van der Waals surface area contributed by atoms with Crippen LogP contribution in [0.1, 0.15) is 26.7 Å². The molecule has 1 aromatic carbocycles. The van der Waals surface area contributed by atoms with Gasteiger partial charge in [-0.3, -0.25) is 4.99 Å².